The average molecular weight is 883 g/mol. The lowest BCUT2D eigenvalue weighted by atomic mass is 10.0. The van der Waals surface area contributed by atoms with Crippen molar-refractivity contribution in [2.75, 3.05) is 13.2 Å². The molecule has 0 N–H and O–H groups in total. The molecule has 0 amide bonds. The lowest BCUT2D eigenvalue weighted by molar-refractivity contribution is -0.167. The van der Waals surface area contributed by atoms with Crippen molar-refractivity contribution in [3.63, 3.8) is 0 Å². The molecular weight excluding hydrogens is 781 g/mol. The van der Waals surface area contributed by atoms with Gasteiger partial charge in [0.05, 0.1) is 0 Å². The van der Waals surface area contributed by atoms with Gasteiger partial charge in [-0.3, -0.25) is 14.4 Å². The highest BCUT2D eigenvalue weighted by atomic mass is 16.6. The van der Waals surface area contributed by atoms with Gasteiger partial charge < -0.3 is 14.2 Å². The smallest absolute Gasteiger partial charge is 0.306 e. The number of hydrogen-bond donors (Lipinski definition) is 0. The first kappa shape index (κ1) is 60.4. The number of hydrogen-bond acceptors (Lipinski definition) is 6. The second-order valence-corrected chi connectivity index (χ2v) is 18.1. The van der Waals surface area contributed by atoms with Gasteiger partial charge in [-0.15, -0.1) is 0 Å². The Hall–Kier alpha value is -2.63. The van der Waals surface area contributed by atoms with Crippen LogP contribution < -0.4 is 0 Å². The lowest BCUT2D eigenvalue weighted by Crippen LogP contribution is -2.30. The molecule has 0 aromatic rings. The van der Waals surface area contributed by atoms with E-state index >= 15 is 0 Å². The molecule has 0 saturated heterocycles. The molecule has 0 aliphatic carbocycles. The predicted octanol–water partition coefficient (Wildman–Crippen LogP) is 17.9. The summed E-state index contributed by atoms with van der Waals surface area (Å²) in [7, 11) is 0. The normalized spacial score (nSPS) is 12.4. The molecule has 0 heterocycles. The van der Waals surface area contributed by atoms with E-state index in [1.807, 2.05) is 0 Å². The van der Waals surface area contributed by atoms with Gasteiger partial charge in [0.1, 0.15) is 13.2 Å². The SMILES string of the molecule is CCCCC/C=C\C/C=C\C/C=C\CCCCCCCCC(=O)OC[C@@H](COC(=O)CCCCCCCCCCCCCC)OC(=O)CCCCCCC/C=C\CCCCCCC. The van der Waals surface area contributed by atoms with Gasteiger partial charge in [-0.05, 0) is 83.5 Å². The third kappa shape index (κ3) is 50.2. The van der Waals surface area contributed by atoms with Crippen molar-refractivity contribution in [1.82, 2.24) is 0 Å². The summed E-state index contributed by atoms with van der Waals surface area (Å²) < 4.78 is 16.8. The molecule has 0 radical (unpaired) electrons. The average Bonchev–Trinajstić information content (AvgIpc) is 3.28. The molecule has 0 rings (SSSR count). The standard InChI is InChI=1S/C57H102O6/c1-4-7-10-13-16-19-22-25-27-28-29-30-31-33-35-38-41-44-47-50-56(59)62-53-54(52-61-55(58)49-46-43-40-37-34-24-21-18-15-12-9-6-3)63-57(60)51-48-45-42-39-36-32-26-23-20-17-14-11-8-5-2/h16,19,23,25-27,29-30,54H,4-15,17-18,20-22,24,28,31-53H2,1-3H3/b19-16-,26-23-,27-25-,30-29-/t54-/m1/s1. The molecule has 0 aliphatic heterocycles. The molecule has 0 bridgehead atoms. The van der Waals surface area contributed by atoms with Gasteiger partial charge in [-0.25, -0.2) is 0 Å². The summed E-state index contributed by atoms with van der Waals surface area (Å²) in [6.07, 6.45) is 62.3. The molecule has 1 atom stereocenters. The van der Waals surface area contributed by atoms with E-state index in [0.717, 1.165) is 89.9 Å². The van der Waals surface area contributed by atoms with Gasteiger partial charge in [0.25, 0.3) is 0 Å². The van der Waals surface area contributed by atoms with Crippen molar-refractivity contribution in [2.45, 2.75) is 284 Å². The molecule has 6 heteroatoms. The summed E-state index contributed by atoms with van der Waals surface area (Å²) in [5.74, 6) is -0.891. The van der Waals surface area contributed by atoms with Crippen LogP contribution in [0.25, 0.3) is 0 Å². The van der Waals surface area contributed by atoms with Crippen molar-refractivity contribution in [1.29, 1.82) is 0 Å². The van der Waals surface area contributed by atoms with Crippen LogP contribution in [0.15, 0.2) is 48.6 Å². The molecule has 0 aromatic heterocycles. The number of carbonyl (C=O) groups is 3. The number of unbranched alkanes of at least 4 members (excludes halogenated alkanes) is 30. The fraction of sp³-hybridized carbons (Fsp3) is 0.807. The molecule has 0 unspecified atom stereocenters. The Morgan fingerprint density at radius 1 is 0.317 bits per heavy atom. The van der Waals surface area contributed by atoms with Gasteiger partial charge >= 0.3 is 17.9 Å². The zero-order valence-electron chi connectivity index (χ0n) is 41.8. The van der Waals surface area contributed by atoms with Crippen molar-refractivity contribution < 1.29 is 28.6 Å². The monoisotopic (exact) mass is 883 g/mol. The molecule has 0 aliphatic rings. The first-order chi connectivity index (χ1) is 31.0. The minimum absolute atomic E-state index is 0.0783. The number of carbonyl (C=O) groups excluding carboxylic acids is 3. The van der Waals surface area contributed by atoms with Gasteiger partial charge in [-0.2, -0.15) is 0 Å². The number of rotatable bonds is 49. The maximum atomic E-state index is 12.8. The summed E-state index contributed by atoms with van der Waals surface area (Å²) in [6.45, 7) is 6.60. The van der Waals surface area contributed by atoms with Crippen molar-refractivity contribution in [3.05, 3.63) is 48.6 Å². The third-order valence-electron chi connectivity index (χ3n) is 11.8. The van der Waals surface area contributed by atoms with Gasteiger partial charge in [-0.1, -0.05) is 223 Å². The van der Waals surface area contributed by atoms with E-state index in [1.165, 1.54) is 148 Å². The Balaban J connectivity index is 4.37. The lowest BCUT2D eigenvalue weighted by Gasteiger charge is -2.18. The van der Waals surface area contributed by atoms with Crippen LogP contribution in [0.1, 0.15) is 278 Å². The number of esters is 3. The summed E-state index contributed by atoms with van der Waals surface area (Å²) in [5, 5.41) is 0. The van der Waals surface area contributed by atoms with E-state index in [0.29, 0.717) is 19.3 Å². The van der Waals surface area contributed by atoms with Crippen LogP contribution >= 0.6 is 0 Å². The van der Waals surface area contributed by atoms with Crippen molar-refractivity contribution in [2.24, 2.45) is 0 Å². The van der Waals surface area contributed by atoms with Crippen LogP contribution in [0.5, 0.6) is 0 Å². The quantitative estimate of drug-likeness (QED) is 0.0262. The Kier molecular flexibility index (Phi) is 49.8. The van der Waals surface area contributed by atoms with Crippen LogP contribution in [-0.2, 0) is 28.6 Å². The Labute approximate surface area is 390 Å². The number of allylic oxidation sites excluding steroid dienone is 8. The highest BCUT2D eigenvalue weighted by Gasteiger charge is 2.19. The largest absolute Gasteiger partial charge is 0.462 e. The van der Waals surface area contributed by atoms with Crippen LogP contribution in [-0.4, -0.2) is 37.2 Å². The minimum Gasteiger partial charge on any atom is -0.462 e. The number of ether oxygens (including phenoxy) is 3. The Morgan fingerprint density at radius 2 is 0.571 bits per heavy atom. The van der Waals surface area contributed by atoms with Crippen LogP contribution in [0.3, 0.4) is 0 Å². The molecule has 366 valence electrons. The fourth-order valence-corrected chi connectivity index (χ4v) is 7.68. The maximum absolute atomic E-state index is 12.8. The topological polar surface area (TPSA) is 78.9 Å². The zero-order valence-corrected chi connectivity index (χ0v) is 41.8. The summed E-state index contributed by atoms with van der Waals surface area (Å²) in [6, 6.07) is 0. The second kappa shape index (κ2) is 52.0. The van der Waals surface area contributed by atoms with Gasteiger partial charge in [0, 0.05) is 19.3 Å². The van der Waals surface area contributed by atoms with E-state index in [4.69, 9.17) is 14.2 Å². The highest BCUT2D eigenvalue weighted by Crippen LogP contribution is 2.15. The molecule has 63 heavy (non-hydrogen) atoms. The van der Waals surface area contributed by atoms with Crippen LogP contribution in [0, 0.1) is 0 Å². The molecule has 6 nitrogen and oxygen atoms in total. The summed E-state index contributed by atoms with van der Waals surface area (Å²) >= 11 is 0. The van der Waals surface area contributed by atoms with Crippen molar-refractivity contribution in [3.8, 4) is 0 Å². The highest BCUT2D eigenvalue weighted by molar-refractivity contribution is 5.71. The van der Waals surface area contributed by atoms with Crippen LogP contribution in [0.4, 0.5) is 0 Å². The van der Waals surface area contributed by atoms with E-state index < -0.39 is 6.10 Å². The molecule has 0 saturated carbocycles. The molecule has 0 fully saturated rings. The van der Waals surface area contributed by atoms with E-state index in [2.05, 4.69) is 69.4 Å². The summed E-state index contributed by atoms with van der Waals surface area (Å²) in [5.41, 5.74) is 0. The first-order valence-electron chi connectivity index (χ1n) is 27.1. The summed E-state index contributed by atoms with van der Waals surface area (Å²) in [4.78, 5) is 38.0. The van der Waals surface area contributed by atoms with E-state index in [1.54, 1.807) is 0 Å². The van der Waals surface area contributed by atoms with E-state index in [-0.39, 0.29) is 31.1 Å². The first-order valence-corrected chi connectivity index (χ1v) is 27.1. The molecular formula is C57H102O6. The fourth-order valence-electron chi connectivity index (χ4n) is 7.68. The minimum atomic E-state index is -0.780. The van der Waals surface area contributed by atoms with Gasteiger partial charge in [0.15, 0.2) is 6.10 Å². The maximum Gasteiger partial charge on any atom is 0.306 e. The third-order valence-corrected chi connectivity index (χ3v) is 11.8. The molecule has 0 spiro atoms. The van der Waals surface area contributed by atoms with Gasteiger partial charge in [0.2, 0.25) is 0 Å². The Morgan fingerprint density at radius 3 is 0.937 bits per heavy atom. The van der Waals surface area contributed by atoms with Crippen LogP contribution in [0.2, 0.25) is 0 Å². The predicted molar refractivity (Wildman–Crippen MR) is 270 cm³/mol. The van der Waals surface area contributed by atoms with Crippen molar-refractivity contribution >= 4 is 17.9 Å². The molecule has 0 aromatic carbocycles. The second-order valence-electron chi connectivity index (χ2n) is 18.1. The van der Waals surface area contributed by atoms with E-state index in [9.17, 15) is 14.4 Å². The zero-order chi connectivity index (χ0) is 45.8. The Bertz CT molecular complexity index is 1110.